The van der Waals surface area contributed by atoms with Crippen molar-refractivity contribution in [2.24, 2.45) is 9.98 Å². The van der Waals surface area contributed by atoms with Crippen LogP contribution in [-0.2, 0) is 17.7 Å². The highest BCUT2D eigenvalue weighted by atomic mass is 32.1. The van der Waals surface area contributed by atoms with Crippen molar-refractivity contribution in [1.29, 1.82) is 5.26 Å². The van der Waals surface area contributed by atoms with Gasteiger partial charge in [-0.2, -0.15) is 10.3 Å². The van der Waals surface area contributed by atoms with Crippen LogP contribution in [0.15, 0.2) is 64.4 Å². The van der Waals surface area contributed by atoms with Gasteiger partial charge in [0.15, 0.2) is 3.95 Å². The van der Waals surface area contributed by atoms with Gasteiger partial charge in [-0.3, -0.25) is 4.57 Å². The van der Waals surface area contributed by atoms with Gasteiger partial charge in [-0.15, -0.1) is 11.3 Å². The van der Waals surface area contributed by atoms with Crippen LogP contribution in [0.5, 0.6) is 17.4 Å². The number of hydrogen-bond acceptors (Lipinski definition) is 9. The molecule has 0 radical (unpaired) electrons. The summed E-state index contributed by atoms with van der Waals surface area (Å²) < 4.78 is 18.5. The summed E-state index contributed by atoms with van der Waals surface area (Å²) in [5.41, 5.74) is 1.73. The Morgan fingerprint density at radius 1 is 1.20 bits per heavy atom. The molecule has 0 atom stereocenters. The molecule has 0 fully saturated rings. The summed E-state index contributed by atoms with van der Waals surface area (Å²) in [6.07, 6.45) is 2.24. The maximum Gasteiger partial charge on any atom is 0.258 e. The number of ether oxygens (including phenoxy) is 3. The van der Waals surface area contributed by atoms with E-state index in [1.54, 1.807) is 42.0 Å². The summed E-state index contributed by atoms with van der Waals surface area (Å²) in [5.74, 6) is 1.78. The summed E-state index contributed by atoms with van der Waals surface area (Å²) in [6, 6.07) is 16.8. The van der Waals surface area contributed by atoms with Crippen molar-refractivity contribution in [2.45, 2.75) is 19.9 Å². The lowest BCUT2D eigenvalue weighted by molar-refractivity contribution is 0.340. The minimum absolute atomic E-state index is 0.0234. The molecule has 4 rings (SSSR count). The maximum atomic E-state index is 10.8. The van der Waals surface area contributed by atoms with Crippen molar-refractivity contribution in [3.05, 3.63) is 68.8 Å². The molecule has 0 saturated heterocycles. The largest absolute Gasteiger partial charge is 0.497 e. The Labute approximate surface area is 211 Å². The first-order valence-electron chi connectivity index (χ1n) is 10.8. The highest BCUT2D eigenvalue weighted by Crippen LogP contribution is 2.31. The van der Waals surface area contributed by atoms with E-state index in [9.17, 15) is 10.4 Å². The first kappa shape index (κ1) is 24.2. The predicted molar refractivity (Wildman–Crippen MR) is 138 cm³/mol. The van der Waals surface area contributed by atoms with Gasteiger partial charge in [0.25, 0.3) is 5.90 Å². The molecule has 2 heterocycles. The highest BCUT2D eigenvalue weighted by molar-refractivity contribution is 7.73. The number of rotatable bonds is 8. The van der Waals surface area contributed by atoms with Crippen molar-refractivity contribution in [3.63, 3.8) is 0 Å². The van der Waals surface area contributed by atoms with Gasteiger partial charge < -0.3 is 19.3 Å². The van der Waals surface area contributed by atoms with Crippen molar-refractivity contribution in [1.82, 2.24) is 4.57 Å². The maximum absolute atomic E-state index is 10.8. The van der Waals surface area contributed by atoms with Gasteiger partial charge >= 0.3 is 0 Å². The topological polar surface area (TPSA) is 101 Å². The van der Waals surface area contributed by atoms with Crippen molar-refractivity contribution in [2.75, 3.05) is 13.7 Å². The highest BCUT2D eigenvalue weighted by Gasteiger charge is 2.23. The third kappa shape index (κ3) is 5.77. The molecule has 0 bridgehead atoms. The van der Waals surface area contributed by atoms with E-state index >= 15 is 0 Å². The average molecular weight is 507 g/mol. The lowest BCUT2D eigenvalue weighted by Gasteiger charge is -2.06. The van der Waals surface area contributed by atoms with E-state index < -0.39 is 0 Å². The van der Waals surface area contributed by atoms with Gasteiger partial charge in [0.05, 0.1) is 24.3 Å². The molecule has 35 heavy (non-hydrogen) atoms. The Balaban J connectivity index is 1.50. The Bertz CT molecular complexity index is 1400. The van der Waals surface area contributed by atoms with E-state index in [0.29, 0.717) is 34.1 Å². The molecule has 1 aliphatic heterocycles. The zero-order chi connectivity index (χ0) is 24.8. The standard InChI is InChI=1S/C25H22N4O4S2/c1-3-32-19-10-6-17(7-11-19)27-23-20(15-26)28-22(33-23)14-21-24(30)29(25(34)35-21)13-12-16-4-8-18(31-2)9-5-16/h4-11,14,30H,3,12-13H2,1-2H3/b22-14+,27-23?. The van der Waals surface area contributed by atoms with Crippen LogP contribution >= 0.6 is 23.6 Å². The van der Waals surface area contributed by atoms with Crippen LogP contribution in [0, 0.1) is 15.3 Å². The van der Waals surface area contributed by atoms with Crippen molar-refractivity contribution in [3.8, 4) is 23.4 Å². The molecule has 0 aliphatic carbocycles. The predicted octanol–water partition coefficient (Wildman–Crippen LogP) is 5.66. The fourth-order valence-electron chi connectivity index (χ4n) is 3.29. The molecule has 178 valence electrons. The minimum atomic E-state index is 0.0234. The molecule has 0 spiro atoms. The van der Waals surface area contributed by atoms with Gasteiger partial charge in [-0.05, 0) is 67.5 Å². The van der Waals surface area contributed by atoms with Crippen LogP contribution < -0.4 is 9.47 Å². The Kier molecular flexibility index (Phi) is 7.60. The van der Waals surface area contributed by atoms with Gasteiger partial charge in [-0.25, -0.2) is 4.99 Å². The van der Waals surface area contributed by atoms with Crippen LogP contribution in [-0.4, -0.2) is 35.0 Å². The minimum Gasteiger partial charge on any atom is -0.497 e. The van der Waals surface area contributed by atoms with Gasteiger partial charge in [-0.1, -0.05) is 12.1 Å². The SMILES string of the molecule is CCOc1ccc(N=C2O/C(=C/c3sc(=S)n(CCc4ccc(OC)cc4)c3O)N=C2C#N)cc1. The van der Waals surface area contributed by atoms with E-state index in [1.165, 1.54) is 11.3 Å². The number of aromatic hydroxyl groups is 1. The van der Waals surface area contributed by atoms with Gasteiger partial charge in [0, 0.05) is 12.6 Å². The molecule has 2 aromatic carbocycles. The molecule has 8 nitrogen and oxygen atoms in total. The van der Waals surface area contributed by atoms with E-state index in [2.05, 4.69) is 9.98 Å². The molecule has 0 saturated carbocycles. The second-order valence-electron chi connectivity index (χ2n) is 7.31. The van der Waals surface area contributed by atoms with Gasteiger partial charge in [0.1, 0.15) is 17.6 Å². The molecular weight excluding hydrogens is 484 g/mol. The smallest absolute Gasteiger partial charge is 0.258 e. The Morgan fingerprint density at radius 2 is 1.91 bits per heavy atom. The molecule has 0 unspecified atom stereocenters. The zero-order valence-corrected chi connectivity index (χ0v) is 20.7. The number of nitrogens with zero attached hydrogens (tertiary/aromatic N) is 4. The molecular formula is C25H22N4O4S2. The van der Waals surface area contributed by atoms with E-state index in [4.69, 9.17) is 26.4 Å². The quantitative estimate of drug-likeness (QED) is 0.396. The third-order valence-corrected chi connectivity index (χ3v) is 6.43. The number of nitriles is 1. The van der Waals surface area contributed by atoms with Crippen LogP contribution in [0.3, 0.4) is 0 Å². The molecule has 10 heteroatoms. The number of aliphatic imine (C=N–C) groups is 2. The monoisotopic (exact) mass is 506 g/mol. The number of methoxy groups -OCH3 is 1. The number of benzene rings is 2. The fourth-order valence-corrected chi connectivity index (χ4v) is 4.57. The first-order valence-corrected chi connectivity index (χ1v) is 12.0. The number of aromatic nitrogens is 1. The van der Waals surface area contributed by atoms with Gasteiger partial charge in [0.2, 0.25) is 17.5 Å². The Morgan fingerprint density at radius 3 is 2.57 bits per heavy atom. The zero-order valence-electron chi connectivity index (χ0n) is 19.1. The lowest BCUT2D eigenvalue weighted by Crippen LogP contribution is -2.07. The summed E-state index contributed by atoms with van der Waals surface area (Å²) in [6.45, 7) is 2.99. The summed E-state index contributed by atoms with van der Waals surface area (Å²) >= 11 is 6.69. The summed E-state index contributed by atoms with van der Waals surface area (Å²) in [5, 5.41) is 20.2. The first-order chi connectivity index (χ1) is 17.0. The number of aryl methyl sites for hydroxylation is 1. The second kappa shape index (κ2) is 11.0. The Hall–Kier alpha value is -3.94. The van der Waals surface area contributed by atoms with Crippen LogP contribution in [0.4, 0.5) is 5.69 Å². The molecule has 3 aromatic rings. The second-order valence-corrected chi connectivity index (χ2v) is 8.98. The van der Waals surface area contributed by atoms with E-state index in [1.807, 2.05) is 37.3 Å². The molecule has 1 aromatic heterocycles. The number of hydrogen-bond donors (Lipinski definition) is 1. The molecule has 1 aliphatic rings. The van der Waals surface area contributed by atoms with Crippen LogP contribution in [0.1, 0.15) is 17.4 Å². The lowest BCUT2D eigenvalue weighted by atomic mass is 10.1. The summed E-state index contributed by atoms with van der Waals surface area (Å²) in [4.78, 5) is 9.06. The molecule has 1 N–H and O–H groups in total. The van der Waals surface area contributed by atoms with Crippen molar-refractivity contribution < 1.29 is 19.3 Å². The van der Waals surface area contributed by atoms with Crippen LogP contribution in [0.2, 0.25) is 0 Å². The average Bonchev–Trinajstić information content (AvgIpc) is 3.38. The van der Waals surface area contributed by atoms with E-state index in [0.717, 1.165) is 17.1 Å². The van der Waals surface area contributed by atoms with E-state index in [-0.39, 0.29) is 23.4 Å². The normalized spacial score (nSPS) is 15.1. The molecule has 0 amide bonds. The van der Waals surface area contributed by atoms with Crippen molar-refractivity contribution >= 4 is 46.9 Å². The number of thiazole rings is 1. The fraction of sp³-hybridized carbons (Fsp3) is 0.200. The third-order valence-electron chi connectivity index (χ3n) is 5.04. The summed E-state index contributed by atoms with van der Waals surface area (Å²) in [7, 11) is 1.63. The van der Waals surface area contributed by atoms with Crippen LogP contribution in [0.25, 0.3) is 6.08 Å².